The Balaban J connectivity index is 0.00000392. The maximum atomic E-state index is 12.0. The van der Waals surface area contributed by atoms with Gasteiger partial charge in [0, 0.05) is 29.2 Å². The maximum Gasteiger partial charge on any atom is 0.258 e. The van der Waals surface area contributed by atoms with Crippen LogP contribution in [0.2, 0.25) is 5.02 Å². The van der Waals surface area contributed by atoms with E-state index in [0.29, 0.717) is 23.9 Å². The van der Waals surface area contributed by atoms with Gasteiger partial charge in [-0.25, -0.2) is 0 Å². The number of carbonyl (C=O) groups excluding carboxylic acids is 1. The van der Waals surface area contributed by atoms with Crippen LogP contribution in [0.3, 0.4) is 0 Å². The second-order valence-electron chi connectivity index (χ2n) is 7.29. The molecule has 7 heteroatoms. The van der Waals surface area contributed by atoms with Gasteiger partial charge in [-0.1, -0.05) is 23.7 Å². The van der Waals surface area contributed by atoms with E-state index in [1.165, 1.54) is 0 Å². The predicted octanol–water partition coefficient (Wildman–Crippen LogP) is 4.35. The molecule has 0 saturated carbocycles. The molecule has 2 aromatic carbocycles. The Bertz CT molecular complexity index is 759. The van der Waals surface area contributed by atoms with E-state index < -0.39 is 0 Å². The highest BCUT2D eigenvalue weighted by Crippen LogP contribution is 2.23. The summed E-state index contributed by atoms with van der Waals surface area (Å²) in [5.74, 6) is 1.32. The van der Waals surface area contributed by atoms with Crippen LogP contribution < -0.4 is 20.1 Å². The van der Waals surface area contributed by atoms with Crippen molar-refractivity contribution in [1.29, 1.82) is 0 Å². The molecule has 0 aromatic heterocycles. The van der Waals surface area contributed by atoms with E-state index in [0.717, 1.165) is 16.9 Å². The molecule has 0 saturated heterocycles. The average Bonchev–Trinajstić information content (AvgIpc) is 2.60. The second kappa shape index (κ2) is 11.1. The first-order valence-electron chi connectivity index (χ1n) is 8.83. The Morgan fingerprint density at radius 2 is 1.75 bits per heavy atom. The lowest BCUT2D eigenvalue weighted by atomic mass is 10.1. The standard InChI is InChI=1S/C21H27ClN2O3.ClH/c1-21(2,3)24-20(25)14-27-19-10-7-17(22)11-16(19)13-23-12-15-5-8-18(26-4)9-6-15;/h5-11,23H,12-14H2,1-4H3,(H,24,25);1H. The fourth-order valence-corrected chi connectivity index (χ4v) is 2.70. The van der Waals surface area contributed by atoms with Gasteiger partial charge in [0.25, 0.3) is 5.91 Å². The van der Waals surface area contributed by atoms with Crippen LogP contribution in [-0.2, 0) is 17.9 Å². The number of hydrogen-bond acceptors (Lipinski definition) is 4. The lowest BCUT2D eigenvalue weighted by Gasteiger charge is -2.21. The fourth-order valence-electron chi connectivity index (χ4n) is 2.51. The van der Waals surface area contributed by atoms with Crippen molar-refractivity contribution in [2.75, 3.05) is 13.7 Å². The quantitative estimate of drug-likeness (QED) is 0.658. The largest absolute Gasteiger partial charge is 0.497 e. The highest BCUT2D eigenvalue weighted by atomic mass is 35.5. The van der Waals surface area contributed by atoms with E-state index in [4.69, 9.17) is 21.1 Å². The normalized spacial score (nSPS) is 10.8. The Morgan fingerprint density at radius 3 is 2.36 bits per heavy atom. The van der Waals surface area contributed by atoms with Gasteiger partial charge in [0.2, 0.25) is 0 Å². The predicted molar refractivity (Wildman–Crippen MR) is 116 cm³/mol. The minimum atomic E-state index is -0.289. The summed E-state index contributed by atoms with van der Waals surface area (Å²) in [6.45, 7) is 7.03. The molecular formula is C21H28Cl2N2O3. The summed E-state index contributed by atoms with van der Waals surface area (Å²) in [5, 5.41) is 6.87. The molecule has 0 aliphatic rings. The van der Waals surface area contributed by atoms with Crippen LogP contribution in [0.4, 0.5) is 0 Å². The molecule has 0 radical (unpaired) electrons. The monoisotopic (exact) mass is 426 g/mol. The van der Waals surface area contributed by atoms with E-state index in [2.05, 4.69) is 10.6 Å². The molecule has 0 atom stereocenters. The summed E-state index contributed by atoms with van der Waals surface area (Å²) < 4.78 is 10.9. The number of methoxy groups -OCH3 is 1. The smallest absolute Gasteiger partial charge is 0.258 e. The number of benzene rings is 2. The van der Waals surface area contributed by atoms with Crippen molar-refractivity contribution in [3.63, 3.8) is 0 Å². The SMILES string of the molecule is COc1ccc(CNCc2cc(Cl)ccc2OCC(=O)NC(C)(C)C)cc1.Cl. The highest BCUT2D eigenvalue weighted by Gasteiger charge is 2.14. The third-order valence-corrected chi connectivity index (χ3v) is 3.93. The molecule has 5 nitrogen and oxygen atoms in total. The Labute approximate surface area is 178 Å². The van der Waals surface area contributed by atoms with Gasteiger partial charge in [-0.3, -0.25) is 4.79 Å². The molecule has 2 aromatic rings. The van der Waals surface area contributed by atoms with E-state index in [1.807, 2.05) is 51.1 Å². The molecule has 1 amide bonds. The van der Waals surface area contributed by atoms with Gasteiger partial charge in [-0.15, -0.1) is 12.4 Å². The summed E-state index contributed by atoms with van der Waals surface area (Å²) in [5.41, 5.74) is 1.76. The van der Waals surface area contributed by atoms with Crippen molar-refractivity contribution >= 4 is 29.9 Å². The minimum absolute atomic E-state index is 0. The zero-order valence-electron chi connectivity index (χ0n) is 16.7. The van der Waals surface area contributed by atoms with Gasteiger partial charge in [0.1, 0.15) is 11.5 Å². The average molecular weight is 427 g/mol. The summed E-state index contributed by atoms with van der Waals surface area (Å²) in [6, 6.07) is 13.3. The summed E-state index contributed by atoms with van der Waals surface area (Å²) in [7, 11) is 1.65. The number of ether oxygens (including phenoxy) is 2. The van der Waals surface area contributed by atoms with Gasteiger partial charge in [-0.05, 0) is 56.7 Å². The lowest BCUT2D eigenvalue weighted by molar-refractivity contribution is -0.124. The maximum absolute atomic E-state index is 12.0. The molecule has 0 unspecified atom stereocenters. The topological polar surface area (TPSA) is 59.6 Å². The van der Waals surface area contributed by atoms with Crippen molar-refractivity contribution in [1.82, 2.24) is 10.6 Å². The van der Waals surface area contributed by atoms with Gasteiger partial charge in [0.05, 0.1) is 7.11 Å². The number of rotatable bonds is 8. The Morgan fingerprint density at radius 1 is 1.07 bits per heavy atom. The molecule has 0 bridgehead atoms. The third kappa shape index (κ3) is 8.38. The zero-order valence-corrected chi connectivity index (χ0v) is 18.2. The van der Waals surface area contributed by atoms with Crippen LogP contribution in [-0.4, -0.2) is 25.2 Å². The van der Waals surface area contributed by atoms with E-state index in [1.54, 1.807) is 19.2 Å². The van der Waals surface area contributed by atoms with Crippen molar-refractivity contribution in [3.8, 4) is 11.5 Å². The van der Waals surface area contributed by atoms with E-state index in [9.17, 15) is 4.79 Å². The van der Waals surface area contributed by atoms with Gasteiger partial charge >= 0.3 is 0 Å². The van der Waals surface area contributed by atoms with E-state index >= 15 is 0 Å². The van der Waals surface area contributed by atoms with Crippen LogP contribution in [0.1, 0.15) is 31.9 Å². The molecule has 28 heavy (non-hydrogen) atoms. The number of carbonyl (C=O) groups is 1. The van der Waals surface area contributed by atoms with E-state index in [-0.39, 0.29) is 30.5 Å². The van der Waals surface area contributed by atoms with Crippen LogP contribution >= 0.6 is 24.0 Å². The molecule has 2 rings (SSSR count). The van der Waals surface area contributed by atoms with Crippen molar-refractivity contribution < 1.29 is 14.3 Å². The van der Waals surface area contributed by atoms with Gasteiger partial charge in [-0.2, -0.15) is 0 Å². The Kier molecular flexibility index (Phi) is 9.59. The minimum Gasteiger partial charge on any atom is -0.497 e. The van der Waals surface area contributed by atoms with Crippen LogP contribution in [0.5, 0.6) is 11.5 Å². The molecule has 0 aliphatic carbocycles. The molecule has 154 valence electrons. The summed E-state index contributed by atoms with van der Waals surface area (Å²) in [6.07, 6.45) is 0. The number of nitrogens with one attached hydrogen (secondary N) is 2. The second-order valence-corrected chi connectivity index (χ2v) is 7.73. The first kappa shape index (κ1) is 24.1. The number of halogens is 2. The Hall–Kier alpha value is -1.95. The van der Waals surface area contributed by atoms with Crippen molar-refractivity contribution in [2.24, 2.45) is 0 Å². The van der Waals surface area contributed by atoms with Crippen molar-refractivity contribution in [2.45, 2.75) is 39.4 Å². The van der Waals surface area contributed by atoms with Crippen LogP contribution in [0.25, 0.3) is 0 Å². The molecule has 0 heterocycles. The van der Waals surface area contributed by atoms with Crippen molar-refractivity contribution in [3.05, 3.63) is 58.6 Å². The molecule has 2 N–H and O–H groups in total. The van der Waals surface area contributed by atoms with Gasteiger partial charge < -0.3 is 20.1 Å². The molecule has 0 spiro atoms. The van der Waals surface area contributed by atoms with Gasteiger partial charge in [0.15, 0.2) is 6.61 Å². The number of hydrogen-bond donors (Lipinski definition) is 2. The first-order valence-corrected chi connectivity index (χ1v) is 9.20. The summed E-state index contributed by atoms with van der Waals surface area (Å²) in [4.78, 5) is 12.0. The molecular weight excluding hydrogens is 399 g/mol. The fraction of sp³-hybridized carbons (Fsp3) is 0.381. The van der Waals surface area contributed by atoms with Crippen LogP contribution in [0, 0.1) is 0 Å². The number of amides is 1. The first-order chi connectivity index (χ1) is 12.8. The molecule has 0 aliphatic heterocycles. The lowest BCUT2D eigenvalue weighted by Crippen LogP contribution is -2.43. The highest BCUT2D eigenvalue weighted by molar-refractivity contribution is 6.30. The summed E-state index contributed by atoms with van der Waals surface area (Å²) >= 11 is 6.12. The molecule has 0 fully saturated rings. The third-order valence-electron chi connectivity index (χ3n) is 3.70. The van der Waals surface area contributed by atoms with Crippen LogP contribution in [0.15, 0.2) is 42.5 Å². The zero-order chi connectivity index (χ0) is 19.9.